The van der Waals surface area contributed by atoms with Crippen LogP contribution in [0, 0.1) is 16.7 Å². The molecule has 1 saturated heterocycles. The second kappa shape index (κ2) is 7.70. The molecule has 2 aliphatic heterocycles. The zero-order valence-electron chi connectivity index (χ0n) is 18.6. The van der Waals surface area contributed by atoms with Crippen LogP contribution in [0.15, 0.2) is 12.2 Å². The molecule has 0 amide bonds. The number of carbonyl (C=O) groups is 2. The van der Waals surface area contributed by atoms with Crippen LogP contribution >= 0.6 is 0 Å². The van der Waals surface area contributed by atoms with Gasteiger partial charge in [0.2, 0.25) is 0 Å². The molecule has 1 aliphatic carbocycles. The van der Waals surface area contributed by atoms with Crippen molar-refractivity contribution in [1.82, 2.24) is 0 Å². The van der Waals surface area contributed by atoms with Gasteiger partial charge in [0.25, 0.3) is 0 Å². The normalized spacial score (nSPS) is 39.0. The van der Waals surface area contributed by atoms with Crippen LogP contribution in [0.1, 0.15) is 27.2 Å². The summed E-state index contributed by atoms with van der Waals surface area (Å²) in [6.07, 6.45) is 0.0926. The van der Waals surface area contributed by atoms with Gasteiger partial charge in [-0.3, -0.25) is 4.79 Å². The van der Waals surface area contributed by atoms with Crippen molar-refractivity contribution < 1.29 is 38.4 Å². The van der Waals surface area contributed by atoms with Gasteiger partial charge in [-0.1, -0.05) is 26.8 Å². The van der Waals surface area contributed by atoms with E-state index in [1.54, 1.807) is 6.08 Å². The maximum atomic E-state index is 13.0. The van der Waals surface area contributed by atoms with Gasteiger partial charge in [0.1, 0.15) is 12.0 Å². The van der Waals surface area contributed by atoms with Crippen molar-refractivity contribution in [3.8, 4) is 0 Å². The predicted molar refractivity (Wildman–Crippen MR) is 110 cm³/mol. The lowest BCUT2D eigenvalue weighted by molar-refractivity contribution is -0.197. The average Bonchev–Trinajstić information content (AvgIpc) is 3.06. The van der Waals surface area contributed by atoms with Crippen molar-refractivity contribution in [1.29, 1.82) is 0 Å². The fourth-order valence-electron chi connectivity index (χ4n) is 4.82. The monoisotopic (exact) mass is 442 g/mol. The molecule has 0 aromatic carbocycles. The second-order valence-corrected chi connectivity index (χ2v) is 15.1. The Morgan fingerprint density at radius 1 is 1.27 bits per heavy atom. The molecule has 3 rings (SSSR count). The largest absolute Gasteiger partial charge is 0.468 e. The Morgan fingerprint density at radius 3 is 2.47 bits per heavy atom. The summed E-state index contributed by atoms with van der Waals surface area (Å²) in [7, 11) is -0.847. The van der Waals surface area contributed by atoms with E-state index >= 15 is 0 Å². The summed E-state index contributed by atoms with van der Waals surface area (Å²) in [5.41, 5.74) is -2.44. The Kier molecular flexibility index (Phi) is 6.01. The van der Waals surface area contributed by atoms with Gasteiger partial charge in [-0.2, -0.15) is 0 Å². The first-order valence-corrected chi connectivity index (χ1v) is 13.3. The molecule has 1 saturated carbocycles. The van der Waals surface area contributed by atoms with E-state index in [0.717, 1.165) is 0 Å². The van der Waals surface area contributed by atoms with E-state index in [9.17, 15) is 19.8 Å². The highest BCUT2D eigenvalue weighted by atomic mass is 28.4. The lowest BCUT2D eigenvalue weighted by atomic mass is 9.51. The molecule has 30 heavy (non-hydrogen) atoms. The molecule has 1 spiro atoms. The molecule has 6 atom stereocenters. The molecule has 0 bridgehead atoms. The minimum atomic E-state index is -2.12. The predicted octanol–water partition coefficient (Wildman–Crippen LogP) is 1.41. The number of methoxy groups -OCH3 is 1. The van der Waals surface area contributed by atoms with E-state index in [2.05, 4.69) is 33.9 Å². The van der Waals surface area contributed by atoms with E-state index in [0.29, 0.717) is 0 Å². The van der Waals surface area contributed by atoms with Gasteiger partial charge >= 0.3 is 11.9 Å². The van der Waals surface area contributed by atoms with Crippen molar-refractivity contribution in [2.24, 2.45) is 16.7 Å². The number of rotatable bonds is 4. The van der Waals surface area contributed by atoms with Gasteiger partial charge in [0.05, 0.1) is 44.1 Å². The van der Waals surface area contributed by atoms with Crippen LogP contribution in [0.5, 0.6) is 0 Å². The molecule has 0 aromatic heterocycles. The van der Waals surface area contributed by atoms with Gasteiger partial charge < -0.3 is 28.8 Å². The molecular weight excluding hydrogens is 408 g/mol. The summed E-state index contributed by atoms with van der Waals surface area (Å²) < 4.78 is 22.8. The Balaban J connectivity index is 2.03. The molecule has 3 aliphatic rings. The summed E-state index contributed by atoms with van der Waals surface area (Å²) in [6.45, 7) is 10.7. The van der Waals surface area contributed by atoms with Crippen molar-refractivity contribution in [2.45, 2.75) is 63.6 Å². The summed E-state index contributed by atoms with van der Waals surface area (Å²) in [6, 6.07) is 0. The number of hydrogen-bond donors (Lipinski definition) is 2. The molecule has 2 N–H and O–H groups in total. The van der Waals surface area contributed by atoms with Gasteiger partial charge in [0.15, 0.2) is 8.32 Å². The van der Waals surface area contributed by atoms with Crippen LogP contribution in [0.2, 0.25) is 18.1 Å². The van der Waals surface area contributed by atoms with Gasteiger partial charge in [0, 0.05) is 18.4 Å². The lowest BCUT2D eigenvalue weighted by Gasteiger charge is -2.54. The highest BCUT2D eigenvalue weighted by molar-refractivity contribution is 6.74. The number of ether oxygens (including phenoxy) is 3. The fourth-order valence-corrected chi connectivity index (χ4v) is 5.83. The topological polar surface area (TPSA) is 112 Å². The molecule has 8 nitrogen and oxygen atoms in total. The van der Waals surface area contributed by atoms with Crippen LogP contribution in [0.4, 0.5) is 0 Å². The van der Waals surface area contributed by atoms with Gasteiger partial charge in [-0.05, 0) is 18.1 Å². The van der Waals surface area contributed by atoms with Crippen LogP contribution in [0.25, 0.3) is 0 Å². The number of aliphatic hydroxyl groups excluding tert-OH is 2. The first-order valence-electron chi connectivity index (χ1n) is 10.4. The number of fused-ring (bicyclic) bond motifs is 2. The number of aliphatic hydroxyl groups is 2. The summed E-state index contributed by atoms with van der Waals surface area (Å²) in [5, 5.41) is 21.9. The molecule has 0 unspecified atom stereocenters. The minimum absolute atomic E-state index is 0.0193. The zero-order valence-corrected chi connectivity index (χ0v) is 19.6. The Morgan fingerprint density at radius 2 is 1.93 bits per heavy atom. The first-order chi connectivity index (χ1) is 13.8. The Bertz CT molecular complexity index is 729. The Labute approximate surface area is 178 Å². The molecule has 170 valence electrons. The fraction of sp³-hybridized carbons (Fsp3) is 0.810. The highest BCUT2D eigenvalue weighted by Crippen LogP contribution is 2.59. The van der Waals surface area contributed by atoms with Crippen molar-refractivity contribution >= 4 is 20.3 Å². The van der Waals surface area contributed by atoms with E-state index in [-0.39, 0.29) is 31.3 Å². The SMILES string of the molecule is COC(=O)[C@]12CO[C@@H](CO[Si](C)(C)C(C)(C)C)[C@@H]1[C@@]1(C=CC(=O)OC1)[C@@H](O)C[C@H]2O. The zero-order chi connectivity index (χ0) is 22.5. The molecule has 0 aromatic rings. The van der Waals surface area contributed by atoms with Crippen LogP contribution < -0.4 is 0 Å². The Hall–Kier alpha value is -1.26. The van der Waals surface area contributed by atoms with Crippen molar-refractivity contribution in [3.05, 3.63) is 12.2 Å². The average molecular weight is 443 g/mol. The third-order valence-corrected chi connectivity index (χ3v) is 12.2. The third-order valence-electron chi connectivity index (χ3n) is 7.68. The number of esters is 2. The maximum absolute atomic E-state index is 13.0. The van der Waals surface area contributed by atoms with Crippen LogP contribution in [-0.4, -0.2) is 75.7 Å². The number of cyclic esters (lactones) is 1. The lowest BCUT2D eigenvalue weighted by Crippen LogP contribution is -2.66. The highest BCUT2D eigenvalue weighted by Gasteiger charge is 2.71. The van der Waals surface area contributed by atoms with Crippen molar-refractivity contribution in [3.63, 3.8) is 0 Å². The number of carbonyl (C=O) groups excluding carboxylic acids is 2. The van der Waals surface area contributed by atoms with E-state index in [1.165, 1.54) is 13.2 Å². The summed E-state index contributed by atoms with van der Waals surface area (Å²) in [4.78, 5) is 24.7. The number of hydrogen-bond acceptors (Lipinski definition) is 8. The quantitative estimate of drug-likeness (QED) is 0.497. The summed E-state index contributed by atoms with van der Waals surface area (Å²) >= 11 is 0. The van der Waals surface area contributed by atoms with E-state index in [4.69, 9.17) is 18.6 Å². The van der Waals surface area contributed by atoms with Gasteiger partial charge in [-0.15, -0.1) is 0 Å². The molecule has 2 fully saturated rings. The first kappa shape index (κ1) is 23.4. The van der Waals surface area contributed by atoms with E-state index in [1.807, 2.05) is 0 Å². The van der Waals surface area contributed by atoms with E-state index < -0.39 is 55.3 Å². The molecular formula is C21H34O8Si. The van der Waals surface area contributed by atoms with Crippen LogP contribution in [0.3, 0.4) is 0 Å². The van der Waals surface area contributed by atoms with Crippen molar-refractivity contribution in [2.75, 3.05) is 26.9 Å². The van der Waals surface area contributed by atoms with Gasteiger partial charge in [-0.25, -0.2) is 4.79 Å². The molecule has 2 heterocycles. The molecule has 0 radical (unpaired) electrons. The maximum Gasteiger partial charge on any atom is 0.330 e. The molecule has 9 heteroatoms. The third kappa shape index (κ3) is 3.44. The standard InChI is InChI=1S/C21H34O8Si/c1-19(2,3)30(5,6)29-10-13-17-20(8-7-16(24)28-11-20)14(22)9-15(23)21(17,12-27-13)18(25)26-4/h7-8,13-15,17,22-23H,9-12H2,1-6H3/t13-,14-,15+,17+,20+,21-/m0/s1. The van der Waals surface area contributed by atoms with Crippen LogP contribution in [-0.2, 0) is 28.2 Å². The smallest absolute Gasteiger partial charge is 0.330 e. The minimum Gasteiger partial charge on any atom is -0.468 e. The second-order valence-electron chi connectivity index (χ2n) is 10.3. The summed E-state index contributed by atoms with van der Waals surface area (Å²) in [5.74, 6) is -1.77.